The molecule has 2 aromatic carbocycles. The molecule has 11 nitrogen and oxygen atoms in total. The molecule has 1 aliphatic heterocycles. The second-order valence-corrected chi connectivity index (χ2v) is 6.90. The van der Waals surface area contributed by atoms with Gasteiger partial charge in [-0.25, -0.2) is 4.79 Å². The molecule has 0 bridgehead atoms. The first-order valence-corrected chi connectivity index (χ1v) is 10.1. The van der Waals surface area contributed by atoms with Crippen molar-refractivity contribution in [2.45, 2.75) is 12.8 Å². The molecule has 3 aromatic rings. The summed E-state index contributed by atoms with van der Waals surface area (Å²) in [6.07, 6.45) is 0.0952. The van der Waals surface area contributed by atoms with Crippen LogP contribution in [0, 0.1) is 0 Å². The molecule has 4 rings (SSSR count). The number of nitrogens with zero attached hydrogens (tertiary/aromatic N) is 2. The predicted octanol–water partition coefficient (Wildman–Crippen LogP) is 2.33. The number of hydrogen-bond donors (Lipinski definition) is 2. The van der Waals surface area contributed by atoms with Gasteiger partial charge < -0.3 is 24.1 Å². The summed E-state index contributed by atoms with van der Waals surface area (Å²) in [6, 6.07) is 13.3. The third-order valence-corrected chi connectivity index (χ3v) is 4.46. The van der Waals surface area contributed by atoms with E-state index in [9.17, 15) is 14.4 Å². The number of aromatic nitrogens is 2. The monoisotopic (exact) mass is 452 g/mol. The highest BCUT2D eigenvalue weighted by atomic mass is 16.6. The Balaban J connectivity index is 1.17. The van der Waals surface area contributed by atoms with Crippen LogP contribution in [-0.4, -0.2) is 47.9 Å². The summed E-state index contributed by atoms with van der Waals surface area (Å²) in [6.45, 7) is 0.261. The molecule has 33 heavy (non-hydrogen) atoms. The van der Waals surface area contributed by atoms with Crippen LogP contribution in [0.2, 0.25) is 0 Å². The fraction of sp³-hybridized carbons (Fsp3) is 0.227. The number of esters is 1. The van der Waals surface area contributed by atoms with Gasteiger partial charge >= 0.3 is 12.0 Å². The van der Waals surface area contributed by atoms with Crippen LogP contribution < -0.4 is 20.1 Å². The third kappa shape index (κ3) is 6.06. The van der Waals surface area contributed by atoms with Gasteiger partial charge in [-0.15, -0.1) is 0 Å². The van der Waals surface area contributed by atoms with Crippen LogP contribution in [-0.2, 0) is 20.7 Å². The van der Waals surface area contributed by atoms with Gasteiger partial charge in [0.05, 0.1) is 6.42 Å². The lowest BCUT2D eigenvalue weighted by Crippen LogP contribution is -2.37. The number of carbonyl (C=O) groups excluding carboxylic acids is 3. The summed E-state index contributed by atoms with van der Waals surface area (Å²) in [5.74, 6) is 0.347. The average molecular weight is 452 g/mol. The predicted molar refractivity (Wildman–Crippen MR) is 114 cm³/mol. The van der Waals surface area contributed by atoms with Crippen LogP contribution in [0.4, 0.5) is 10.5 Å². The Hall–Kier alpha value is -4.41. The molecule has 170 valence electrons. The maximum atomic E-state index is 12.0. The Morgan fingerprint density at radius 2 is 1.79 bits per heavy atom. The van der Waals surface area contributed by atoms with Crippen molar-refractivity contribution in [2.24, 2.45) is 0 Å². The summed E-state index contributed by atoms with van der Waals surface area (Å²) in [5.41, 5.74) is 1.21. The zero-order chi connectivity index (χ0) is 23.0. The molecular weight excluding hydrogens is 432 g/mol. The first-order valence-electron chi connectivity index (χ1n) is 10.1. The molecule has 11 heteroatoms. The first-order chi connectivity index (χ1) is 16.1. The highest BCUT2D eigenvalue weighted by Gasteiger charge is 2.16. The number of fused-ring (bicyclic) bond motifs is 1. The van der Waals surface area contributed by atoms with Crippen LogP contribution in [0.5, 0.6) is 11.5 Å². The van der Waals surface area contributed by atoms with Gasteiger partial charge in [0.25, 0.3) is 5.91 Å². The van der Waals surface area contributed by atoms with Crippen LogP contribution in [0.3, 0.4) is 0 Å². The molecule has 3 amide bonds. The van der Waals surface area contributed by atoms with Crippen LogP contribution >= 0.6 is 0 Å². The average Bonchev–Trinajstić information content (AvgIpc) is 3.31. The highest BCUT2D eigenvalue weighted by molar-refractivity contribution is 6.02. The number of amides is 3. The fourth-order valence-electron chi connectivity index (χ4n) is 2.93. The lowest BCUT2D eigenvalue weighted by Gasteiger charge is -2.19. The minimum Gasteiger partial charge on any atom is -0.486 e. The number of benzene rings is 2. The molecule has 0 spiro atoms. The van der Waals surface area contributed by atoms with E-state index in [0.717, 1.165) is 5.56 Å². The number of urea groups is 1. The molecule has 1 aromatic heterocycles. The van der Waals surface area contributed by atoms with Crippen molar-refractivity contribution >= 4 is 23.6 Å². The van der Waals surface area contributed by atoms with Gasteiger partial charge in [-0.2, -0.15) is 4.98 Å². The number of rotatable bonds is 7. The van der Waals surface area contributed by atoms with Crippen molar-refractivity contribution in [2.75, 3.05) is 25.1 Å². The molecule has 1 aliphatic rings. The number of ether oxygens (including phenoxy) is 3. The zero-order valence-electron chi connectivity index (χ0n) is 17.4. The first kappa shape index (κ1) is 21.8. The van der Waals surface area contributed by atoms with E-state index in [-0.39, 0.29) is 18.7 Å². The number of imide groups is 1. The Morgan fingerprint density at radius 1 is 1.00 bits per heavy atom. The largest absolute Gasteiger partial charge is 0.486 e. The number of nitrogens with one attached hydrogen (secondary N) is 2. The molecule has 0 aliphatic carbocycles. The molecule has 0 atom stereocenters. The van der Waals surface area contributed by atoms with Crippen LogP contribution in [0.1, 0.15) is 12.3 Å². The van der Waals surface area contributed by atoms with Crippen molar-refractivity contribution < 1.29 is 33.1 Å². The second-order valence-electron chi connectivity index (χ2n) is 6.90. The van der Waals surface area contributed by atoms with Gasteiger partial charge in [0.15, 0.2) is 18.1 Å². The lowest BCUT2D eigenvalue weighted by molar-refractivity contribution is -0.148. The Labute approximate surface area is 188 Å². The quantitative estimate of drug-likeness (QED) is 0.516. The summed E-state index contributed by atoms with van der Waals surface area (Å²) < 4.78 is 20.8. The van der Waals surface area contributed by atoms with E-state index in [2.05, 4.69) is 20.8 Å². The second kappa shape index (κ2) is 10.3. The molecule has 2 N–H and O–H groups in total. The number of anilines is 1. The Morgan fingerprint density at radius 3 is 2.61 bits per heavy atom. The number of aryl methyl sites for hydroxylation is 1. The van der Waals surface area contributed by atoms with E-state index >= 15 is 0 Å². The number of hydrogen-bond acceptors (Lipinski definition) is 9. The normalized spacial score (nSPS) is 12.0. The van der Waals surface area contributed by atoms with Crippen molar-refractivity contribution in [3.05, 3.63) is 54.4 Å². The van der Waals surface area contributed by atoms with Crippen molar-refractivity contribution in [3.63, 3.8) is 0 Å². The Bertz CT molecular complexity index is 1150. The molecule has 0 radical (unpaired) electrons. The van der Waals surface area contributed by atoms with Crippen LogP contribution in [0.15, 0.2) is 53.1 Å². The standard InChI is InChI=1S/C22H20N4O7/c27-18(24-22(29)23-15-6-7-16-17(12-15)31-11-10-30-16)13-32-20(28)9-8-19-25-21(26-33-19)14-4-2-1-3-5-14/h1-7,12H,8-11,13H2,(H2,23,24,27,29). The SMILES string of the molecule is O=C(COC(=O)CCc1nc(-c2ccccc2)no1)NC(=O)Nc1ccc2c(c1)OCCO2. The summed E-state index contributed by atoms with van der Waals surface area (Å²) in [7, 11) is 0. The topological polar surface area (TPSA) is 142 Å². The number of carbonyl (C=O) groups is 3. The van der Waals surface area contributed by atoms with Gasteiger partial charge in [0.1, 0.15) is 13.2 Å². The van der Waals surface area contributed by atoms with Crippen molar-refractivity contribution in [1.29, 1.82) is 0 Å². The van der Waals surface area contributed by atoms with E-state index < -0.39 is 24.5 Å². The van der Waals surface area contributed by atoms with E-state index in [4.69, 9.17) is 18.7 Å². The molecule has 0 fully saturated rings. The summed E-state index contributed by atoms with van der Waals surface area (Å²) in [5, 5.41) is 8.45. The molecule has 0 unspecified atom stereocenters. The fourth-order valence-corrected chi connectivity index (χ4v) is 2.93. The van der Waals surface area contributed by atoms with E-state index in [1.807, 2.05) is 30.3 Å². The van der Waals surface area contributed by atoms with Gasteiger partial charge in [0.2, 0.25) is 11.7 Å². The van der Waals surface area contributed by atoms with Crippen LogP contribution in [0.25, 0.3) is 11.4 Å². The van der Waals surface area contributed by atoms with Gasteiger partial charge in [-0.3, -0.25) is 14.9 Å². The summed E-state index contributed by atoms with van der Waals surface area (Å²) >= 11 is 0. The Kier molecular flexibility index (Phi) is 6.78. The lowest BCUT2D eigenvalue weighted by atomic mass is 10.2. The van der Waals surface area contributed by atoms with Crippen molar-refractivity contribution in [3.8, 4) is 22.9 Å². The van der Waals surface area contributed by atoms with Gasteiger partial charge in [-0.05, 0) is 12.1 Å². The maximum absolute atomic E-state index is 12.0. The minimum absolute atomic E-state index is 0.0624. The summed E-state index contributed by atoms with van der Waals surface area (Å²) in [4.78, 5) is 40.0. The molecule has 0 saturated heterocycles. The maximum Gasteiger partial charge on any atom is 0.325 e. The molecular formula is C22H20N4O7. The molecule has 0 saturated carbocycles. The third-order valence-electron chi connectivity index (χ3n) is 4.46. The smallest absolute Gasteiger partial charge is 0.325 e. The zero-order valence-corrected chi connectivity index (χ0v) is 17.4. The highest BCUT2D eigenvalue weighted by Crippen LogP contribution is 2.32. The van der Waals surface area contributed by atoms with Gasteiger partial charge in [0, 0.05) is 23.7 Å². The van der Waals surface area contributed by atoms with E-state index in [1.54, 1.807) is 18.2 Å². The van der Waals surface area contributed by atoms with E-state index in [1.165, 1.54) is 0 Å². The van der Waals surface area contributed by atoms with Crippen molar-refractivity contribution in [1.82, 2.24) is 15.5 Å². The molecule has 2 heterocycles. The minimum atomic E-state index is -0.775. The van der Waals surface area contributed by atoms with Gasteiger partial charge in [-0.1, -0.05) is 35.5 Å². The van der Waals surface area contributed by atoms with E-state index in [0.29, 0.717) is 36.2 Å².